The number of carbonyl (C=O) groups is 1. The first kappa shape index (κ1) is 12.3. The van der Waals surface area contributed by atoms with Crippen molar-refractivity contribution in [3.05, 3.63) is 0 Å². The van der Waals surface area contributed by atoms with E-state index in [1.165, 1.54) is 0 Å². The summed E-state index contributed by atoms with van der Waals surface area (Å²) in [6.07, 6.45) is 0.244. The van der Waals surface area contributed by atoms with Gasteiger partial charge in [0.25, 0.3) is 0 Å². The number of hydrogen-bond acceptors (Lipinski definition) is 5. The van der Waals surface area contributed by atoms with Gasteiger partial charge in [-0.2, -0.15) is 0 Å². The molecule has 0 aromatic heterocycles. The first-order chi connectivity index (χ1) is 6.11. The minimum atomic E-state index is -0.652. The summed E-state index contributed by atoms with van der Waals surface area (Å²) in [5.41, 5.74) is 10.7. The molecule has 0 bridgehead atoms. The summed E-state index contributed by atoms with van der Waals surface area (Å²) < 4.78 is 4.69. The van der Waals surface area contributed by atoms with Crippen LogP contribution in [0.15, 0.2) is 0 Å². The van der Waals surface area contributed by atoms with Gasteiger partial charge in [0, 0.05) is 6.54 Å². The number of aliphatic hydroxyl groups excluding tert-OH is 1. The SMILES string of the molecule is CCOC(=O)[C@H](N)CC[C@H](O)CN. The largest absolute Gasteiger partial charge is 0.465 e. The maximum atomic E-state index is 11.0. The first-order valence-corrected chi connectivity index (χ1v) is 4.42. The van der Waals surface area contributed by atoms with Gasteiger partial charge in [0.05, 0.1) is 12.7 Å². The Morgan fingerprint density at radius 2 is 2.15 bits per heavy atom. The van der Waals surface area contributed by atoms with Gasteiger partial charge >= 0.3 is 5.97 Å². The van der Waals surface area contributed by atoms with Gasteiger partial charge < -0.3 is 21.3 Å². The second-order valence-corrected chi connectivity index (χ2v) is 2.83. The summed E-state index contributed by atoms with van der Waals surface area (Å²) in [6, 6.07) is -0.652. The van der Waals surface area contributed by atoms with Gasteiger partial charge in [-0.1, -0.05) is 0 Å². The average molecular weight is 190 g/mol. The van der Waals surface area contributed by atoms with Crippen LogP contribution >= 0.6 is 0 Å². The Kier molecular flexibility index (Phi) is 6.48. The highest BCUT2D eigenvalue weighted by atomic mass is 16.5. The van der Waals surface area contributed by atoms with E-state index in [9.17, 15) is 4.79 Å². The number of carbonyl (C=O) groups excluding carboxylic acids is 1. The predicted molar refractivity (Wildman–Crippen MR) is 48.9 cm³/mol. The molecule has 0 aliphatic carbocycles. The van der Waals surface area contributed by atoms with Gasteiger partial charge in [0.15, 0.2) is 0 Å². The van der Waals surface area contributed by atoms with E-state index in [2.05, 4.69) is 0 Å². The van der Waals surface area contributed by atoms with Crippen LogP contribution in [-0.2, 0) is 9.53 Å². The third-order valence-electron chi connectivity index (χ3n) is 1.67. The molecule has 5 nitrogen and oxygen atoms in total. The molecule has 0 aromatic rings. The summed E-state index contributed by atoms with van der Waals surface area (Å²) in [7, 11) is 0. The van der Waals surface area contributed by atoms with Crippen LogP contribution in [0.5, 0.6) is 0 Å². The van der Waals surface area contributed by atoms with Gasteiger partial charge in [0.1, 0.15) is 6.04 Å². The quantitative estimate of drug-likeness (QED) is 0.465. The molecule has 5 N–H and O–H groups in total. The lowest BCUT2D eigenvalue weighted by molar-refractivity contribution is -0.144. The van der Waals surface area contributed by atoms with Crippen LogP contribution in [0.1, 0.15) is 19.8 Å². The lowest BCUT2D eigenvalue weighted by Gasteiger charge is -2.12. The van der Waals surface area contributed by atoms with Gasteiger partial charge in [-0.25, -0.2) is 0 Å². The molecule has 0 unspecified atom stereocenters. The Labute approximate surface area is 78.0 Å². The van der Waals surface area contributed by atoms with Crippen molar-refractivity contribution >= 4 is 5.97 Å². The first-order valence-electron chi connectivity index (χ1n) is 4.42. The maximum Gasteiger partial charge on any atom is 0.322 e. The Bertz CT molecular complexity index is 152. The second kappa shape index (κ2) is 6.82. The molecule has 0 aliphatic heterocycles. The molecule has 2 atom stereocenters. The zero-order valence-corrected chi connectivity index (χ0v) is 7.90. The molecule has 0 amide bonds. The van der Waals surface area contributed by atoms with Crippen molar-refractivity contribution < 1.29 is 14.6 Å². The van der Waals surface area contributed by atoms with Gasteiger partial charge in [-0.05, 0) is 19.8 Å². The number of nitrogens with two attached hydrogens (primary N) is 2. The van der Waals surface area contributed by atoms with Crippen molar-refractivity contribution in [2.75, 3.05) is 13.2 Å². The van der Waals surface area contributed by atoms with E-state index in [1.54, 1.807) is 6.92 Å². The van der Waals surface area contributed by atoms with Crippen LogP contribution in [0.4, 0.5) is 0 Å². The van der Waals surface area contributed by atoms with Crippen LogP contribution in [0.2, 0.25) is 0 Å². The lowest BCUT2D eigenvalue weighted by atomic mass is 10.1. The van der Waals surface area contributed by atoms with Crippen LogP contribution < -0.4 is 11.5 Å². The molecule has 0 saturated carbocycles. The highest BCUT2D eigenvalue weighted by molar-refractivity contribution is 5.75. The molecule has 13 heavy (non-hydrogen) atoms. The highest BCUT2D eigenvalue weighted by Crippen LogP contribution is 2.00. The van der Waals surface area contributed by atoms with Crippen molar-refractivity contribution in [3.63, 3.8) is 0 Å². The summed E-state index contributed by atoms with van der Waals surface area (Å²) in [4.78, 5) is 11.0. The van der Waals surface area contributed by atoms with Crippen molar-refractivity contribution in [3.8, 4) is 0 Å². The third-order valence-corrected chi connectivity index (χ3v) is 1.67. The third kappa shape index (κ3) is 5.57. The van der Waals surface area contributed by atoms with E-state index < -0.39 is 18.1 Å². The van der Waals surface area contributed by atoms with Crippen LogP contribution in [0.3, 0.4) is 0 Å². The molecule has 0 spiro atoms. The van der Waals surface area contributed by atoms with Crippen LogP contribution in [-0.4, -0.2) is 36.4 Å². The van der Waals surface area contributed by atoms with E-state index in [-0.39, 0.29) is 6.54 Å². The summed E-state index contributed by atoms with van der Waals surface area (Å²) in [5, 5.41) is 9.09. The monoisotopic (exact) mass is 190 g/mol. The molecule has 0 aromatic carbocycles. The smallest absolute Gasteiger partial charge is 0.322 e. The molecule has 0 fully saturated rings. The molecule has 0 saturated heterocycles. The van der Waals surface area contributed by atoms with E-state index in [1.807, 2.05) is 0 Å². The van der Waals surface area contributed by atoms with E-state index in [0.29, 0.717) is 19.4 Å². The van der Waals surface area contributed by atoms with Gasteiger partial charge in [0.2, 0.25) is 0 Å². The highest BCUT2D eigenvalue weighted by Gasteiger charge is 2.15. The van der Waals surface area contributed by atoms with Gasteiger partial charge in [-0.3, -0.25) is 4.79 Å². The minimum absolute atomic E-state index is 0.190. The van der Waals surface area contributed by atoms with Crippen LogP contribution in [0.25, 0.3) is 0 Å². The van der Waals surface area contributed by atoms with Crippen LogP contribution in [0, 0.1) is 0 Å². The molecule has 78 valence electrons. The van der Waals surface area contributed by atoms with E-state index in [4.69, 9.17) is 21.3 Å². The molecule has 0 radical (unpaired) electrons. The number of ether oxygens (including phenoxy) is 1. The molecule has 0 heterocycles. The molecular formula is C8H18N2O3. The van der Waals surface area contributed by atoms with E-state index in [0.717, 1.165) is 0 Å². The Morgan fingerprint density at radius 3 is 2.62 bits per heavy atom. The normalized spacial score (nSPS) is 15.1. The minimum Gasteiger partial charge on any atom is -0.465 e. The predicted octanol–water partition coefficient (Wildman–Crippen LogP) is -1.02. The molecular weight excluding hydrogens is 172 g/mol. The Balaban J connectivity index is 3.60. The summed E-state index contributed by atoms with van der Waals surface area (Å²) >= 11 is 0. The fraction of sp³-hybridized carbons (Fsp3) is 0.875. The number of aliphatic hydroxyl groups is 1. The number of hydrogen-bond donors (Lipinski definition) is 3. The summed E-state index contributed by atoms with van der Waals surface area (Å²) in [5.74, 6) is -0.424. The lowest BCUT2D eigenvalue weighted by Crippen LogP contribution is -2.34. The number of rotatable bonds is 6. The topological polar surface area (TPSA) is 98.6 Å². The number of esters is 1. The molecule has 0 rings (SSSR count). The molecule has 5 heteroatoms. The average Bonchev–Trinajstić information content (AvgIpc) is 2.13. The molecule has 0 aliphatic rings. The van der Waals surface area contributed by atoms with E-state index >= 15 is 0 Å². The Morgan fingerprint density at radius 1 is 1.54 bits per heavy atom. The van der Waals surface area contributed by atoms with Crippen molar-refractivity contribution in [2.45, 2.75) is 31.9 Å². The fourth-order valence-corrected chi connectivity index (χ4v) is 0.857. The second-order valence-electron chi connectivity index (χ2n) is 2.83. The Hall–Kier alpha value is -0.650. The van der Waals surface area contributed by atoms with Crippen molar-refractivity contribution in [1.82, 2.24) is 0 Å². The standard InChI is InChI=1S/C8H18N2O3/c1-2-13-8(12)7(10)4-3-6(11)5-9/h6-7,11H,2-5,9-10H2,1H3/t6-,7+/m0/s1. The summed E-state index contributed by atoms with van der Waals surface area (Å²) in [6.45, 7) is 2.24. The van der Waals surface area contributed by atoms with Gasteiger partial charge in [-0.15, -0.1) is 0 Å². The zero-order valence-electron chi connectivity index (χ0n) is 7.90. The zero-order chi connectivity index (χ0) is 10.3. The fourth-order valence-electron chi connectivity index (χ4n) is 0.857. The van der Waals surface area contributed by atoms with Crippen molar-refractivity contribution in [2.24, 2.45) is 11.5 Å². The maximum absolute atomic E-state index is 11.0. The van der Waals surface area contributed by atoms with Crippen molar-refractivity contribution in [1.29, 1.82) is 0 Å².